The lowest BCUT2D eigenvalue weighted by atomic mass is 9.97. The summed E-state index contributed by atoms with van der Waals surface area (Å²) in [5, 5.41) is 10.6. The Bertz CT molecular complexity index is 549. The van der Waals surface area contributed by atoms with E-state index in [2.05, 4.69) is 23.0 Å². The Morgan fingerprint density at radius 1 is 1.56 bits per heavy atom. The first-order valence-electron chi connectivity index (χ1n) is 6.43. The van der Waals surface area contributed by atoms with E-state index in [0.29, 0.717) is 0 Å². The predicted molar refractivity (Wildman–Crippen MR) is 68.2 cm³/mol. The Labute approximate surface area is 106 Å². The van der Waals surface area contributed by atoms with Gasteiger partial charge < -0.3 is 9.67 Å². The lowest BCUT2D eigenvalue weighted by Crippen LogP contribution is -2.13. The lowest BCUT2D eigenvalue weighted by Gasteiger charge is -2.19. The summed E-state index contributed by atoms with van der Waals surface area (Å²) in [5.41, 5.74) is 3.21. The molecule has 3 rings (SSSR count). The summed E-state index contributed by atoms with van der Waals surface area (Å²) in [4.78, 5) is 8.56. The van der Waals surface area contributed by atoms with Crippen LogP contribution in [0.25, 0.3) is 0 Å². The maximum Gasteiger partial charge on any atom is 0.104 e. The van der Waals surface area contributed by atoms with Gasteiger partial charge in [-0.25, -0.2) is 4.98 Å². The smallest absolute Gasteiger partial charge is 0.104 e. The number of hydrogen-bond donors (Lipinski definition) is 1. The first-order valence-corrected chi connectivity index (χ1v) is 6.43. The molecule has 2 aromatic rings. The Kier molecular flexibility index (Phi) is 2.88. The molecule has 0 fully saturated rings. The van der Waals surface area contributed by atoms with E-state index in [1.165, 1.54) is 5.56 Å². The van der Waals surface area contributed by atoms with Crippen molar-refractivity contribution in [2.75, 3.05) is 0 Å². The summed E-state index contributed by atoms with van der Waals surface area (Å²) < 4.78 is 1.99. The van der Waals surface area contributed by atoms with Crippen LogP contribution in [0.3, 0.4) is 0 Å². The average Bonchev–Trinajstić information content (AvgIpc) is 3.04. The third kappa shape index (κ3) is 1.73. The van der Waals surface area contributed by atoms with Crippen molar-refractivity contribution in [2.24, 2.45) is 0 Å². The van der Waals surface area contributed by atoms with Gasteiger partial charge in [0, 0.05) is 24.4 Å². The Morgan fingerprint density at radius 2 is 2.44 bits per heavy atom. The van der Waals surface area contributed by atoms with Gasteiger partial charge in [-0.15, -0.1) is 0 Å². The van der Waals surface area contributed by atoms with Crippen molar-refractivity contribution in [1.29, 1.82) is 0 Å². The largest absolute Gasteiger partial charge is 0.386 e. The predicted octanol–water partition coefficient (Wildman–Crippen LogP) is 2.06. The number of nitrogens with zero attached hydrogens (tertiary/aromatic N) is 3. The van der Waals surface area contributed by atoms with Gasteiger partial charge in [0.2, 0.25) is 0 Å². The van der Waals surface area contributed by atoms with Crippen LogP contribution >= 0.6 is 0 Å². The molecular formula is C14H17N3O. The van der Waals surface area contributed by atoms with Crippen LogP contribution in [0.2, 0.25) is 0 Å². The van der Waals surface area contributed by atoms with E-state index >= 15 is 0 Å². The molecule has 2 heterocycles. The third-order valence-electron chi connectivity index (χ3n) is 3.77. The Balaban J connectivity index is 1.93. The molecule has 1 aliphatic rings. The molecular weight excluding hydrogens is 226 g/mol. The number of aliphatic hydroxyl groups is 1. The van der Waals surface area contributed by atoms with Crippen LogP contribution in [0, 0.1) is 0 Å². The zero-order valence-corrected chi connectivity index (χ0v) is 10.5. The number of rotatable bonds is 3. The van der Waals surface area contributed by atoms with Crippen molar-refractivity contribution in [3.8, 4) is 0 Å². The monoisotopic (exact) mass is 243 g/mol. The van der Waals surface area contributed by atoms with Crippen molar-refractivity contribution in [3.63, 3.8) is 0 Å². The summed E-state index contributed by atoms with van der Waals surface area (Å²) in [6.45, 7) is 2.88. The van der Waals surface area contributed by atoms with Gasteiger partial charge in [-0.05, 0) is 31.4 Å². The zero-order chi connectivity index (χ0) is 12.5. The van der Waals surface area contributed by atoms with E-state index in [-0.39, 0.29) is 5.92 Å². The van der Waals surface area contributed by atoms with Crippen LogP contribution in [-0.2, 0) is 13.0 Å². The first kappa shape index (κ1) is 11.4. The highest BCUT2D eigenvalue weighted by atomic mass is 16.3. The Hall–Kier alpha value is -1.68. The molecule has 1 aliphatic carbocycles. The second kappa shape index (κ2) is 4.53. The second-order valence-corrected chi connectivity index (χ2v) is 4.74. The second-order valence-electron chi connectivity index (χ2n) is 4.74. The van der Waals surface area contributed by atoms with E-state index in [1.54, 1.807) is 18.7 Å². The van der Waals surface area contributed by atoms with Crippen LogP contribution in [-0.4, -0.2) is 19.6 Å². The minimum atomic E-state index is -0.511. The number of aliphatic hydroxyl groups excluding tert-OH is 1. The topological polar surface area (TPSA) is 50.9 Å². The third-order valence-corrected chi connectivity index (χ3v) is 3.77. The lowest BCUT2D eigenvalue weighted by molar-refractivity contribution is 0.134. The highest BCUT2D eigenvalue weighted by Gasteiger charge is 2.32. The van der Waals surface area contributed by atoms with Gasteiger partial charge >= 0.3 is 0 Å². The summed E-state index contributed by atoms with van der Waals surface area (Å²) in [6.07, 6.45) is 6.79. The SMILES string of the molecule is CCn1cncc1C(O)C1CCc2cccnc21. The fourth-order valence-electron chi connectivity index (χ4n) is 2.80. The van der Waals surface area contributed by atoms with Crippen molar-refractivity contribution in [2.45, 2.75) is 38.3 Å². The molecule has 0 saturated heterocycles. The van der Waals surface area contributed by atoms with E-state index in [0.717, 1.165) is 30.8 Å². The fourth-order valence-corrected chi connectivity index (χ4v) is 2.80. The molecule has 18 heavy (non-hydrogen) atoms. The minimum Gasteiger partial charge on any atom is -0.386 e. The molecule has 0 saturated carbocycles. The van der Waals surface area contributed by atoms with Crippen LogP contribution in [0.4, 0.5) is 0 Å². The molecule has 0 spiro atoms. The van der Waals surface area contributed by atoms with Gasteiger partial charge in [0.25, 0.3) is 0 Å². The number of aromatic nitrogens is 3. The zero-order valence-electron chi connectivity index (χ0n) is 10.5. The van der Waals surface area contributed by atoms with Crippen LogP contribution in [0.15, 0.2) is 30.9 Å². The van der Waals surface area contributed by atoms with Gasteiger partial charge in [-0.3, -0.25) is 4.98 Å². The number of fused-ring (bicyclic) bond motifs is 1. The number of hydrogen-bond acceptors (Lipinski definition) is 3. The highest BCUT2D eigenvalue weighted by molar-refractivity contribution is 5.31. The van der Waals surface area contributed by atoms with Crippen molar-refractivity contribution in [3.05, 3.63) is 47.8 Å². The van der Waals surface area contributed by atoms with E-state index in [1.807, 2.05) is 10.6 Å². The average molecular weight is 243 g/mol. The first-order chi connectivity index (χ1) is 8.81. The summed E-state index contributed by atoms with van der Waals surface area (Å²) >= 11 is 0. The maximum absolute atomic E-state index is 10.6. The molecule has 2 unspecified atom stereocenters. The molecule has 0 amide bonds. The molecule has 0 aliphatic heterocycles. The van der Waals surface area contributed by atoms with E-state index in [4.69, 9.17) is 0 Å². The fraction of sp³-hybridized carbons (Fsp3) is 0.429. The number of aryl methyl sites for hydroxylation is 2. The van der Waals surface area contributed by atoms with Crippen molar-refractivity contribution >= 4 is 0 Å². The van der Waals surface area contributed by atoms with Crippen LogP contribution in [0.1, 0.15) is 42.3 Å². The van der Waals surface area contributed by atoms with Gasteiger partial charge in [-0.2, -0.15) is 0 Å². The van der Waals surface area contributed by atoms with Gasteiger partial charge in [0.05, 0.1) is 18.2 Å². The van der Waals surface area contributed by atoms with Gasteiger partial charge in [-0.1, -0.05) is 6.07 Å². The summed E-state index contributed by atoms with van der Waals surface area (Å²) in [6, 6.07) is 4.07. The quantitative estimate of drug-likeness (QED) is 0.897. The van der Waals surface area contributed by atoms with Crippen LogP contribution < -0.4 is 0 Å². The normalized spacial score (nSPS) is 19.8. The van der Waals surface area contributed by atoms with Crippen molar-refractivity contribution in [1.82, 2.24) is 14.5 Å². The molecule has 94 valence electrons. The highest BCUT2D eigenvalue weighted by Crippen LogP contribution is 2.40. The maximum atomic E-state index is 10.6. The molecule has 1 N–H and O–H groups in total. The molecule has 0 radical (unpaired) electrons. The molecule has 0 aromatic carbocycles. The van der Waals surface area contributed by atoms with E-state index < -0.39 is 6.10 Å². The molecule has 0 bridgehead atoms. The summed E-state index contributed by atoms with van der Waals surface area (Å²) in [7, 11) is 0. The molecule has 4 heteroatoms. The molecule has 2 atom stereocenters. The minimum absolute atomic E-state index is 0.100. The number of pyridine rings is 1. The van der Waals surface area contributed by atoms with Crippen LogP contribution in [0.5, 0.6) is 0 Å². The standard InChI is InChI=1S/C14H17N3O/c1-2-17-9-15-8-12(17)14(18)11-6-5-10-4-3-7-16-13(10)11/h3-4,7-9,11,14,18H,2,5-6H2,1H3. The van der Waals surface area contributed by atoms with Gasteiger partial charge in [0.1, 0.15) is 6.10 Å². The number of imidazole rings is 1. The molecule has 2 aromatic heterocycles. The van der Waals surface area contributed by atoms with E-state index in [9.17, 15) is 5.11 Å². The van der Waals surface area contributed by atoms with Crippen molar-refractivity contribution < 1.29 is 5.11 Å². The molecule has 4 nitrogen and oxygen atoms in total. The summed E-state index contributed by atoms with van der Waals surface area (Å²) in [5.74, 6) is 0.100. The Morgan fingerprint density at radius 3 is 3.28 bits per heavy atom. The van der Waals surface area contributed by atoms with Gasteiger partial charge in [0.15, 0.2) is 0 Å².